The highest BCUT2D eigenvalue weighted by molar-refractivity contribution is 5.94. The van der Waals surface area contributed by atoms with Gasteiger partial charge in [-0.2, -0.15) is 5.10 Å². The molecule has 1 aromatic carbocycles. The van der Waals surface area contributed by atoms with Crippen LogP contribution in [0.2, 0.25) is 0 Å². The molecule has 29 heavy (non-hydrogen) atoms. The number of carbonyl (C=O) groups excluding carboxylic acids is 2. The molecule has 2 heterocycles. The van der Waals surface area contributed by atoms with Gasteiger partial charge in [0.15, 0.2) is 18.1 Å². The molecule has 0 atom stereocenters. The van der Waals surface area contributed by atoms with E-state index >= 15 is 0 Å². The van der Waals surface area contributed by atoms with E-state index in [1.165, 1.54) is 25.7 Å². The number of hydrogen-bond acceptors (Lipinski definition) is 7. The molecule has 1 aromatic heterocycles. The van der Waals surface area contributed by atoms with E-state index in [2.05, 4.69) is 15.5 Å². The van der Waals surface area contributed by atoms with Crippen molar-refractivity contribution in [2.45, 2.75) is 0 Å². The number of carbonyl (C=O) groups is 2. The van der Waals surface area contributed by atoms with Crippen molar-refractivity contribution in [3.63, 3.8) is 0 Å². The molecule has 9 nitrogen and oxygen atoms in total. The van der Waals surface area contributed by atoms with Gasteiger partial charge in [-0.25, -0.2) is 5.43 Å². The first-order valence-electron chi connectivity index (χ1n) is 9.07. The molecule has 2 aromatic rings. The number of amides is 2. The zero-order valence-corrected chi connectivity index (χ0v) is 16.0. The molecule has 2 amide bonds. The first kappa shape index (κ1) is 20.3. The van der Waals surface area contributed by atoms with Crippen LogP contribution in [-0.4, -0.2) is 67.9 Å². The molecule has 1 aliphatic rings. The maximum Gasteiger partial charge on any atom is 0.271 e. The predicted molar refractivity (Wildman–Crippen MR) is 105 cm³/mol. The number of rotatable bonds is 7. The zero-order valence-electron chi connectivity index (χ0n) is 16.0. The second kappa shape index (κ2) is 10.2. The number of hydrazone groups is 1. The van der Waals surface area contributed by atoms with Gasteiger partial charge in [0.1, 0.15) is 0 Å². The van der Waals surface area contributed by atoms with Gasteiger partial charge in [0.05, 0.1) is 26.5 Å². The molecule has 1 saturated heterocycles. The van der Waals surface area contributed by atoms with Gasteiger partial charge in [-0.15, -0.1) is 0 Å². The standard InChI is InChI=1S/C20H22N4O5/c1-27-18-12-15(13-22-23-20(26)16-4-6-21-7-5-16)2-3-17(18)29-14-19(25)24-8-10-28-11-9-24/h2-7,12-13H,8-11,14H2,1H3,(H,23,26)/b22-13+. The van der Waals surface area contributed by atoms with Gasteiger partial charge >= 0.3 is 0 Å². The van der Waals surface area contributed by atoms with Gasteiger partial charge in [-0.05, 0) is 35.9 Å². The van der Waals surface area contributed by atoms with Crippen LogP contribution in [0.4, 0.5) is 0 Å². The number of benzene rings is 1. The molecular formula is C20H22N4O5. The predicted octanol–water partition coefficient (Wildman–Crippen LogP) is 1.09. The van der Waals surface area contributed by atoms with Gasteiger partial charge in [0.2, 0.25) is 0 Å². The summed E-state index contributed by atoms with van der Waals surface area (Å²) in [4.78, 5) is 29.7. The van der Waals surface area contributed by atoms with Crippen LogP contribution >= 0.6 is 0 Å². The average Bonchev–Trinajstić information content (AvgIpc) is 2.78. The second-order valence-corrected chi connectivity index (χ2v) is 6.13. The lowest BCUT2D eigenvalue weighted by atomic mass is 10.2. The Bertz CT molecular complexity index is 866. The van der Waals surface area contributed by atoms with E-state index in [1.54, 1.807) is 35.2 Å². The maximum atomic E-state index is 12.2. The van der Waals surface area contributed by atoms with Crippen LogP contribution in [-0.2, 0) is 9.53 Å². The van der Waals surface area contributed by atoms with Gasteiger partial charge < -0.3 is 19.1 Å². The van der Waals surface area contributed by atoms with E-state index in [1.807, 2.05) is 0 Å². The van der Waals surface area contributed by atoms with Crippen molar-refractivity contribution in [3.8, 4) is 11.5 Å². The third kappa shape index (κ3) is 5.76. The summed E-state index contributed by atoms with van der Waals surface area (Å²) in [5.74, 6) is 0.480. The number of morpholine rings is 1. The van der Waals surface area contributed by atoms with E-state index < -0.39 is 0 Å². The van der Waals surface area contributed by atoms with Crippen LogP contribution in [0.5, 0.6) is 11.5 Å². The number of pyridine rings is 1. The van der Waals surface area contributed by atoms with Crippen LogP contribution in [0.25, 0.3) is 0 Å². The average molecular weight is 398 g/mol. The summed E-state index contributed by atoms with van der Waals surface area (Å²) in [5, 5.41) is 3.94. The van der Waals surface area contributed by atoms with Crippen molar-refractivity contribution in [1.82, 2.24) is 15.3 Å². The van der Waals surface area contributed by atoms with Crippen molar-refractivity contribution in [3.05, 3.63) is 53.9 Å². The Labute approximate surface area is 168 Å². The summed E-state index contributed by atoms with van der Waals surface area (Å²) in [6.45, 7) is 2.15. The molecule has 0 aliphatic carbocycles. The fourth-order valence-corrected chi connectivity index (χ4v) is 2.66. The second-order valence-electron chi connectivity index (χ2n) is 6.13. The van der Waals surface area contributed by atoms with Crippen LogP contribution in [0.1, 0.15) is 15.9 Å². The van der Waals surface area contributed by atoms with Crippen LogP contribution < -0.4 is 14.9 Å². The number of aromatic nitrogens is 1. The Hall–Kier alpha value is -3.46. The summed E-state index contributed by atoms with van der Waals surface area (Å²) in [6.07, 6.45) is 4.56. The fraction of sp³-hybridized carbons (Fsp3) is 0.300. The number of ether oxygens (including phenoxy) is 3. The molecule has 0 spiro atoms. The molecule has 3 rings (SSSR count). The monoisotopic (exact) mass is 398 g/mol. The Balaban J connectivity index is 1.56. The molecule has 0 saturated carbocycles. The van der Waals surface area contributed by atoms with Gasteiger partial charge in [0, 0.05) is 31.0 Å². The number of methoxy groups -OCH3 is 1. The van der Waals surface area contributed by atoms with Gasteiger partial charge in [-0.3, -0.25) is 14.6 Å². The van der Waals surface area contributed by atoms with Crippen LogP contribution in [0.15, 0.2) is 47.8 Å². The van der Waals surface area contributed by atoms with Crippen molar-refractivity contribution in [2.24, 2.45) is 5.10 Å². The Kier molecular flexibility index (Phi) is 7.12. The first-order valence-corrected chi connectivity index (χ1v) is 9.07. The van der Waals surface area contributed by atoms with E-state index in [0.717, 1.165) is 0 Å². The lowest BCUT2D eigenvalue weighted by molar-refractivity contribution is -0.137. The molecule has 0 unspecified atom stereocenters. The van der Waals surface area contributed by atoms with Crippen molar-refractivity contribution in [2.75, 3.05) is 40.0 Å². The SMILES string of the molecule is COc1cc(/C=N/NC(=O)c2ccncc2)ccc1OCC(=O)N1CCOCC1. The molecule has 0 bridgehead atoms. The summed E-state index contributed by atoms with van der Waals surface area (Å²) in [6, 6.07) is 8.34. The van der Waals surface area contributed by atoms with Crippen LogP contribution in [0, 0.1) is 0 Å². The Morgan fingerprint density at radius 3 is 2.69 bits per heavy atom. The molecule has 1 N–H and O–H groups in total. The van der Waals surface area contributed by atoms with E-state index in [-0.39, 0.29) is 18.4 Å². The van der Waals surface area contributed by atoms with E-state index in [4.69, 9.17) is 14.2 Å². The molecular weight excluding hydrogens is 376 g/mol. The number of nitrogens with one attached hydrogen (secondary N) is 1. The third-order valence-corrected chi connectivity index (χ3v) is 4.22. The minimum atomic E-state index is -0.336. The van der Waals surface area contributed by atoms with E-state index in [9.17, 15) is 9.59 Å². The highest BCUT2D eigenvalue weighted by Crippen LogP contribution is 2.27. The Morgan fingerprint density at radius 2 is 1.97 bits per heavy atom. The zero-order chi connectivity index (χ0) is 20.5. The van der Waals surface area contributed by atoms with Gasteiger partial charge in [-0.1, -0.05) is 0 Å². The summed E-state index contributed by atoms with van der Waals surface area (Å²) < 4.78 is 16.2. The lowest BCUT2D eigenvalue weighted by Gasteiger charge is -2.26. The highest BCUT2D eigenvalue weighted by atomic mass is 16.5. The van der Waals surface area contributed by atoms with Crippen molar-refractivity contribution >= 4 is 18.0 Å². The topological polar surface area (TPSA) is 102 Å². The minimum absolute atomic E-state index is 0.0776. The number of nitrogens with zero attached hydrogens (tertiary/aromatic N) is 3. The van der Waals surface area contributed by atoms with Crippen LogP contribution in [0.3, 0.4) is 0 Å². The third-order valence-electron chi connectivity index (χ3n) is 4.22. The van der Waals surface area contributed by atoms with Crippen molar-refractivity contribution < 1.29 is 23.8 Å². The smallest absolute Gasteiger partial charge is 0.271 e. The maximum absolute atomic E-state index is 12.2. The fourth-order valence-electron chi connectivity index (χ4n) is 2.66. The molecule has 1 aliphatic heterocycles. The van der Waals surface area contributed by atoms with Crippen molar-refractivity contribution in [1.29, 1.82) is 0 Å². The molecule has 9 heteroatoms. The normalized spacial score (nSPS) is 13.9. The lowest BCUT2D eigenvalue weighted by Crippen LogP contribution is -2.43. The molecule has 0 radical (unpaired) electrons. The Morgan fingerprint density at radius 1 is 1.21 bits per heavy atom. The molecule has 152 valence electrons. The summed E-state index contributed by atoms with van der Waals surface area (Å²) >= 11 is 0. The largest absolute Gasteiger partial charge is 0.493 e. The van der Waals surface area contributed by atoms with E-state index in [0.29, 0.717) is 48.9 Å². The molecule has 1 fully saturated rings. The first-order chi connectivity index (χ1) is 14.2. The summed E-state index contributed by atoms with van der Waals surface area (Å²) in [5.41, 5.74) is 3.61. The highest BCUT2D eigenvalue weighted by Gasteiger charge is 2.18. The summed E-state index contributed by atoms with van der Waals surface area (Å²) in [7, 11) is 1.51. The number of hydrogen-bond donors (Lipinski definition) is 1. The quantitative estimate of drug-likeness (QED) is 0.553. The van der Waals surface area contributed by atoms with Gasteiger partial charge in [0.25, 0.3) is 11.8 Å². The minimum Gasteiger partial charge on any atom is -0.493 e.